The average molecular weight is 317 g/mol. The number of nitrogens with one attached hydrogen (secondary N) is 2. The summed E-state index contributed by atoms with van der Waals surface area (Å²) in [7, 11) is 0. The van der Waals surface area contributed by atoms with Crippen LogP contribution in [0.5, 0.6) is 5.75 Å². The fourth-order valence-electron chi connectivity index (χ4n) is 2.37. The van der Waals surface area contributed by atoms with Crippen molar-refractivity contribution in [2.45, 2.75) is 20.8 Å². The summed E-state index contributed by atoms with van der Waals surface area (Å²) in [6.07, 6.45) is 1.68. The van der Waals surface area contributed by atoms with Crippen LogP contribution in [0.4, 0.5) is 16.2 Å². The van der Waals surface area contributed by atoms with Gasteiger partial charge < -0.3 is 20.3 Å². The van der Waals surface area contributed by atoms with Gasteiger partial charge in [-0.05, 0) is 32.9 Å². The fourth-order valence-corrected chi connectivity index (χ4v) is 2.37. The van der Waals surface area contributed by atoms with Gasteiger partial charge in [0, 0.05) is 24.8 Å². The van der Waals surface area contributed by atoms with E-state index in [1.165, 1.54) is 0 Å². The van der Waals surface area contributed by atoms with E-state index >= 15 is 0 Å². The van der Waals surface area contributed by atoms with Gasteiger partial charge in [-0.15, -0.1) is 6.58 Å². The Balaban J connectivity index is 2.35. The topological polar surface area (TPSA) is 70.7 Å². The zero-order valence-electron chi connectivity index (χ0n) is 13.8. The minimum absolute atomic E-state index is 0.0133. The predicted octanol–water partition coefficient (Wildman–Crippen LogP) is 2.77. The van der Waals surface area contributed by atoms with E-state index in [1.807, 2.05) is 20.8 Å². The maximum atomic E-state index is 12.7. The Kier molecular flexibility index (Phi) is 4.93. The van der Waals surface area contributed by atoms with E-state index in [-0.39, 0.29) is 18.5 Å². The molecule has 1 aliphatic heterocycles. The van der Waals surface area contributed by atoms with Crippen molar-refractivity contribution in [1.82, 2.24) is 5.32 Å². The number of rotatable bonds is 4. The summed E-state index contributed by atoms with van der Waals surface area (Å²) in [6, 6.07) is 4.98. The Morgan fingerprint density at radius 2 is 2.22 bits per heavy atom. The summed E-state index contributed by atoms with van der Waals surface area (Å²) >= 11 is 0. The summed E-state index contributed by atoms with van der Waals surface area (Å²) in [6.45, 7) is 10.5. The Morgan fingerprint density at radius 3 is 2.87 bits per heavy atom. The molecule has 2 rings (SSSR count). The molecular formula is C17H23N3O3. The van der Waals surface area contributed by atoms with Crippen molar-refractivity contribution < 1.29 is 14.3 Å². The van der Waals surface area contributed by atoms with Gasteiger partial charge in [-0.1, -0.05) is 6.08 Å². The van der Waals surface area contributed by atoms with Crippen LogP contribution in [0.15, 0.2) is 30.9 Å². The van der Waals surface area contributed by atoms with E-state index in [4.69, 9.17) is 4.74 Å². The normalized spacial score (nSPS) is 16.0. The van der Waals surface area contributed by atoms with Crippen LogP contribution in [0.1, 0.15) is 20.8 Å². The number of anilines is 2. The molecule has 6 heteroatoms. The first-order chi connectivity index (χ1) is 10.9. The third-order valence-corrected chi connectivity index (χ3v) is 3.57. The highest BCUT2D eigenvalue weighted by Crippen LogP contribution is 2.38. The van der Waals surface area contributed by atoms with Crippen LogP contribution in [0.3, 0.4) is 0 Å². The highest BCUT2D eigenvalue weighted by Gasteiger charge is 2.37. The number of ether oxygens (including phenoxy) is 1. The molecule has 0 atom stereocenters. The Labute approximate surface area is 136 Å². The number of urea groups is 1. The number of carbonyl (C=O) groups excluding carboxylic acids is 2. The van der Waals surface area contributed by atoms with Crippen molar-refractivity contribution in [2.75, 3.05) is 29.9 Å². The lowest BCUT2D eigenvalue weighted by Crippen LogP contribution is -2.42. The lowest BCUT2D eigenvalue weighted by molar-refractivity contribution is -0.127. The molecule has 124 valence electrons. The molecule has 3 amide bonds. The highest BCUT2D eigenvalue weighted by atomic mass is 16.5. The molecule has 0 aliphatic carbocycles. The van der Waals surface area contributed by atoms with Crippen molar-refractivity contribution in [1.29, 1.82) is 0 Å². The van der Waals surface area contributed by atoms with Crippen LogP contribution in [-0.4, -0.2) is 31.6 Å². The smallest absolute Gasteiger partial charge is 0.319 e. The summed E-state index contributed by atoms with van der Waals surface area (Å²) in [4.78, 5) is 26.0. The van der Waals surface area contributed by atoms with Gasteiger partial charge in [0.25, 0.3) is 0 Å². The van der Waals surface area contributed by atoms with Crippen LogP contribution >= 0.6 is 0 Å². The predicted molar refractivity (Wildman–Crippen MR) is 91.0 cm³/mol. The van der Waals surface area contributed by atoms with Crippen molar-refractivity contribution in [3.8, 4) is 5.75 Å². The van der Waals surface area contributed by atoms with Gasteiger partial charge in [-0.2, -0.15) is 0 Å². The van der Waals surface area contributed by atoms with Crippen molar-refractivity contribution in [3.05, 3.63) is 30.9 Å². The molecule has 1 aromatic rings. The van der Waals surface area contributed by atoms with Crippen LogP contribution in [0.2, 0.25) is 0 Å². The summed E-state index contributed by atoms with van der Waals surface area (Å²) in [5.41, 5.74) is 0.664. The number of benzene rings is 1. The Hall–Kier alpha value is -2.50. The molecule has 0 saturated carbocycles. The zero-order valence-corrected chi connectivity index (χ0v) is 13.8. The van der Waals surface area contributed by atoms with Crippen molar-refractivity contribution >= 4 is 23.3 Å². The number of carbonyl (C=O) groups is 2. The Morgan fingerprint density at radius 1 is 1.48 bits per heavy atom. The number of hydrogen-bond acceptors (Lipinski definition) is 3. The molecule has 23 heavy (non-hydrogen) atoms. The minimum atomic E-state index is -0.630. The molecule has 6 nitrogen and oxygen atoms in total. The summed E-state index contributed by atoms with van der Waals surface area (Å²) < 4.78 is 5.82. The van der Waals surface area contributed by atoms with Gasteiger partial charge in [0.1, 0.15) is 12.4 Å². The fraction of sp³-hybridized carbons (Fsp3) is 0.412. The maximum Gasteiger partial charge on any atom is 0.319 e. The molecule has 0 aromatic heterocycles. The quantitative estimate of drug-likeness (QED) is 0.839. The van der Waals surface area contributed by atoms with Crippen molar-refractivity contribution in [2.24, 2.45) is 5.41 Å². The third kappa shape index (κ3) is 3.64. The Bertz CT molecular complexity index is 626. The monoisotopic (exact) mass is 317 g/mol. The molecule has 0 bridgehead atoms. The van der Waals surface area contributed by atoms with Crippen LogP contribution in [-0.2, 0) is 4.79 Å². The molecular weight excluding hydrogens is 294 g/mol. The average Bonchev–Trinajstić information content (AvgIpc) is 2.58. The number of nitrogens with zero attached hydrogens (tertiary/aromatic N) is 1. The van der Waals surface area contributed by atoms with Crippen LogP contribution in [0, 0.1) is 5.41 Å². The van der Waals surface area contributed by atoms with E-state index in [9.17, 15) is 9.59 Å². The molecule has 2 N–H and O–H groups in total. The molecule has 1 aromatic carbocycles. The second kappa shape index (κ2) is 6.73. The molecule has 1 heterocycles. The van der Waals surface area contributed by atoms with Crippen LogP contribution < -0.4 is 20.3 Å². The van der Waals surface area contributed by atoms with Gasteiger partial charge in [-0.3, -0.25) is 4.79 Å². The van der Waals surface area contributed by atoms with Crippen molar-refractivity contribution in [3.63, 3.8) is 0 Å². The molecule has 0 saturated heterocycles. The molecule has 0 unspecified atom stereocenters. The first-order valence-corrected chi connectivity index (χ1v) is 7.63. The van der Waals surface area contributed by atoms with E-state index in [1.54, 1.807) is 29.2 Å². The summed E-state index contributed by atoms with van der Waals surface area (Å²) in [5.74, 6) is 0.556. The van der Waals surface area contributed by atoms with Gasteiger partial charge in [0.15, 0.2) is 0 Å². The molecule has 0 radical (unpaired) electrons. The molecule has 0 fully saturated rings. The molecule has 1 aliphatic rings. The number of hydrogen-bond donors (Lipinski definition) is 2. The van der Waals surface area contributed by atoms with Gasteiger partial charge in [0.2, 0.25) is 5.91 Å². The lowest BCUT2D eigenvalue weighted by atomic mass is 9.93. The van der Waals surface area contributed by atoms with E-state index in [0.717, 1.165) is 0 Å². The first-order valence-electron chi connectivity index (χ1n) is 7.63. The van der Waals surface area contributed by atoms with Gasteiger partial charge in [0.05, 0.1) is 11.1 Å². The summed E-state index contributed by atoms with van der Waals surface area (Å²) in [5, 5.41) is 5.41. The van der Waals surface area contributed by atoms with E-state index < -0.39 is 5.41 Å². The highest BCUT2D eigenvalue weighted by molar-refractivity contribution is 6.00. The van der Waals surface area contributed by atoms with E-state index in [2.05, 4.69) is 17.2 Å². The first kappa shape index (κ1) is 16.9. The minimum Gasteiger partial charge on any atom is -0.490 e. The SMILES string of the molecule is C=CCN1C(=O)C(C)(C)COc2cc(NC(=O)NCC)ccc21. The van der Waals surface area contributed by atoms with Gasteiger partial charge in [-0.25, -0.2) is 4.79 Å². The number of fused-ring (bicyclic) bond motifs is 1. The largest absolute Gasteiger partial charge is 0.490 e. The maximum absolute atomic E-state index is 12.7. The lowest BCUT2D eigenvalue weighted by Gasteiger charge is -2.27. The number of amides is 3. The zero-order chi connectivity index (χ0) is 17.0. The second-order valence-corrected chi connectivity index (χ2v) is 6.04. The van der Waals surface area contributed by atoms with E-state index in [0.29, 0.717) is 30.2 Å². The van der Waals surface area contributed by atoms with Crippen LogP contribution in [0.25, 0.3) is 0 Å². The standard InChI is InChI=1S/C17H23N3O3/c1-5-9-20-13-8-7-12(19-16(22)18-6-2)10-14(13)23-11-17(3,4)15(20)21/h5,7-8,10H,1,6,9,11H2,2-4H3,(H2,18,19,22). The van der Waals surface area contributed by atoms with Gasteiger partial charge >= 0.3 is 6.03 Å². The third-order valence-electron chi connectivity index (χ3n) is 3.57. The second-order valence-electron chi connectivity index (χ2n) is 6.04. The molecule has 0 spiro atoms.